The van der Waals surface area contributed by atoms with Gasteiger partial charge in [0.2, 0.25) is 23.6 Å². The highest BCUT2D eigenvalue weighted by atomic mass is 32.2. The Morgan fingerprint density at radius 1 is 1.04 bits per heavy atom. The van der Waals surface area contributed by atoms with E-state index in [2.05, 4.69) is 26.6 Å². The molecule has 6 N–H and O–H groups in total. The van der Waals surface area contributed by atoms with E-state index in [0.29, 0.717) is 12.5 Å². The van der Waals surface area contributed by atoms with E-state index in [1.165, 1.54) is 31.0 Å². The summed E-state index contributed by atoms with van der Waals surface area (Å²) in [7, 11) is 1.86. The molecular weight excluding hydrogens is 616 g/mol. The Labute approximate surface area is 285 Å². The molecule has 12 heteroatoms. The van der Waals surface area contributed by atoms with Gasteiger partial charge in [-0.25, -0.2) is 0 Å². The molecular formula is C35H58N6O5S. The van der Waals surface area contributed by atoms with Crippen molar-refractivity contribution >= 4 is 35.4 Å². The first-order valence-electron chi connectivity index (χ1n) is 17.1. The van der Waals surface area contributed by atoms with E-state index in [9.17, 15) is 24.3 Å². The summed E-state index contributed by atoms with van der Waals surface area (Å²) < 4.78 is -0.610. The molecule has 0 radical (unpaired) electrons. The molecule has 2 fully saturated rings. The summed E-state index contributed by atoms with van der Waals surface area (Å²) in [6.45, 7) is 12.2. The van der Waals surface area contributed by atoms with Crippen LogP contribution in [0.25, 0.3) is 0 Å². The molecule has 2 unspecified atom stereocenters. The second-order valence-corrected chi connectivity index (χ2v) is 16.5. The number of nitrogens with one attached hydrogen (secondary N) is 5. The Morgan fingerprint density at radius 2 is 1.70 bits per heavy atom. The summed E-state index contributed by atoms with van der Waals surface area (Å²) in [5.74, 6) is -0.481. The van der Waals surface area contributed by atoms with Crippen molar-refractivity contribution in [2.24, 2.45) is 5.92 Å². The van der Waals surface area contributed by atoms with E-state index >= 15 is 0 Å². The normalized spacial score (nSPS) is 21.8. The molecule has 1 aliphatic heterocycles. The Bertz CT molecular complexity index is 1190. The first-order valence-corrected chi connectivity index (χ1v) is 18.0. The van der Waals surface area contributed by atoms with Gasteiger partial charge in [-0.05, 0) is 66.5 Å². The van der Waals surface area contributed by atoms with Crippen molar-refractivity contribution in [1.29, 1.82) is 0 Å². The van der Waals surface area contributed by atoms with Crippen molar-refractivity contribution in [1.82, 2.24) is 31.5 Å². The van der Waals surface area contributed by atoms with Crippen LogP contribution in [0.15, 0.2) is 30.3 Å². The maximum absolute atomic E-state index is 13.5. The highest BCUT2D eigenvalue weighted by Gasteiger charge is 2.49. The summed E-state index contributed by atoms with van der Waals surface area (Å²) >= 11 is 1.43. The minimum Gasteiger partial charge on any atom is -0.390 e. The van der Waals surface area contributed by atoms with Crippen LogP contribution in [0.4, 0.5) is 0 Å². The third-order valence-electron chi connectivity index (χ3n) is 8.80. The van der Waals surface area contributed by atoms with E-state index < -0.39 is 28.3 Å². The smallest absolute Gasteiger partial charge is 0.245 e. The zero-order valence-corrected chi connectivity index (χ0v) is 30.2. The average Bonchev–Trinajstić information content (AvgIpc) is 3.32. The summed E-state index contributed by atoms with van der Waals surface area (Å²) in [6, 6.07) is 7.36. The monoisotopic (exact) mass is 674 g/mol. The maximum Gasteiger partial charge on any atom is 0.245 e. The Morgan fingerprint density at radius 3 is 2.32 bits per heavy atom. The van der Waals surface area contributed by atoms with Crippen LogP contribution in [0, 0.1) is 5.92 Å². The number of hydrogen-bond acceptors (Lipinski definition) is 8. The van der Waals surface area contributed by atoms with Crippen molar-refractivity contribution in [3.63, 3.8) is 0 Å². The molecule has 1 heterocycles. The minimum absolute atomic E-state index is 0.0113. The molecule has 4 amide bonds. The second-order valence-electron chi connectivity index (χ2n) is 14.7. The number of aliphatic hydroxyl groups excluding tert-OH is 1. The molecule has 2 aliphatic rings. The molecule has 11 nitrogen and oxygen atoms in total. The van der Waals surface area contributed by atoms with Crippen molar-refractivity contribution < 1.29 is 24.3 Å². The fraction of sp³-hybridized carbons (Fsp3) is 0.714. The zero-order valence-electron chi connectivity index (χ0n) is 29.4. The van der Waals surface area contributed by atoms with Gasteiger partial charge < -0.3 is 26.4 Å². The number of thioether (sulfide) groups is 1. The first-order chi connectivity index (χ1) is 22.1. The Kier molecular flexibility index (Phi) is 14.6. The summed E-state index contributed by atoms with van der Waals surface area (Å²) in [6.07, 6.45) is 5.83. The fourth-order valence-corrected chi connectivity index (χ4v) is 7.94. The molecule has 1 saturated heterocycles. The molecule has 3 rings (SSSR count). The van der Waals surface area contributed by atoms with Crippen LogP contribution in [0.5, 0.6) is 0 Å². The van der Waals surface area contributed by atoms with E-state index in [4.69, 9.17) is 0 Å². The zero-order chi connectivity index (χ0) is 34.8. The molecule has 0 bridgehead atoms. The molecule has 1 aromatic rings. The molecule has 0 spiro atoms. The molecule has 5 atom stereocenters. The average molecular weight is 675 g/mol. The van der Waals surface area contributed by atoms with Crippen molar-refractivity contribution in [3.8, 4) is 0 Å². The van der Waals surface area contributed by atoms with E-state index in [1.54, 1.807) is 0 Å². The topological polar surface area (TPSA) is 152 Å². The minimum atomic E-state index is -0.896. The van der Waals surface area contributed by atoms with Crippen molar-refractivity contribution in [2.75, 3.05) is 26.7 Å². The van der Waals surface area contributed by atoms with Gasteiger partial charge >= 0.3 is 0 Å². The lowest BCUT2D eigenvalue weighted by Crippen LogP contribution is -2.58. The molecule has 0 aromatic heterocycles. The highest BCUT2D eigenvalue weighted by Crippen LogP contribution is 2.39. The number of rotatable bonds is 15. The predicted molar refractivity (Wildman–Crippen MR) is 188 cm³/mol. The largest absolute Gasteiger partial charge is 0.390 e. The van der Waals surface area contributed by atoms with Crippen LogP contribution in [0.3, 0.4) is 0 Å². The third-order valence-corrected chi connectivity index (χ3v) is 10.3. The molecule has 1 saturated carbocycles. The van der Waals surface area contributed by atoms with Crippen LogP contribution in [-0.4, -0.2) is 100 Å². The maximum atomic E-state index is 13.5. The predicted octanol–water partition coefficient (Wildman–Crippen LogP) is 2.32. The van der Waals surface area contributed by atoms with Gasteiger partial charge in [0.25, 0.3) is 0 Å². The number of nitrogens with zero attached hydrogens (tertiary/aromatic N) is 1. The Hall–Kier alpha value is -2.67. The van der Waals surface area contributed by atoms with Gasteiger partial charge in [0.1, 0.15) is 12.1 Å². The van der Waals surface area contributed by atoms with Gasteiger partial charge in [-0.3, -0.25) is 29.4 Å². The quantitative estimate of drug-likeness (QED) is 0.166. The van der Waals surface area contributed by atoms with Gasteiger partial charge in [-0.1, -0.05) is 62.4 Å². The van der Waals surface area contributed by atoms with Gasteiger partial charge in [-0.15, -0.1) is 11.8 Å². The van der Waals surface area contributed by atoms with E-state index in [1.807, 2.05) is 83.8 Å². The summed E-state index contributed by atoms with van der Waals surface area (Å²) in [4.78, 5) is 54.7. The van der Waals surface area contributed by atoms with Crippen molar-refractivity contribution in [3.05, 3.63) is 35.9 Å². The lowest BCUT2D eigenvalue weighted by atomic mass is 9.84. The second kappa shape index (κ2) is 17.6. The SMILES string of the molecule is CCNC(=O)C(NC(=O)Cc1ccccc1)[C@@H]1N[C@@H](C(=O)NCC(O)CN(C)[C@@H](CC2CCCCC2)C(=O)NC(C)(C)C)C(C)(C)S1. The number of hydrogen-bond donors (Lipinski definition) is 6. The van der Waals surface area contributed by atoms with Crippen LogP contribution in [-0.2, 0) is 25.6 Å². The number of carbonyl (C=O) groups excluding carboxylic acids is 4. The van der Waals surface area contributed by atoms with Crippen LogP contribution < -0.4 is 26.6 Å². The molecule has 1 aromatic carbocycles. The lowest BCUT2D eigenvalue weighted by molar-refractivity contribution is -0.129. The van der Waals surface area contributed by atoms with Gasteiger partial charge in [0.05, 0.1) is 23.9 Å². The van der Waals surface area contributed by atoms with E-state index in [0.717, 1.165) is 24.8 Å². The Balaban J connectivity index is 1.60. The van der Waals surface area contributed by atoms with Crippen LogP contribution in [0.1, 0.15) is 85.6 Å². The van der Waals surface area contributed by atoms with Gasteiger partial charge in [-0.2, -0.15) is 0 Å². The lowest BCUT2D eigenvalue weighted by Gasteiger charge is -2.35. The number of aliphatic hydroxyl groups is 1. The molecule has 1 aliphatic carbocycles. The van der Waals surface area contributed by atoms with Gasteiger partial charge in [0, 0.05) is 29.9 Å². The number of carbonyl (C=O) groups is 4. The van der Waals surface area contributed by atoms with Crippen LogP contribution >= 0.6 is 11.8 Å². The third kappa shape index (κ3) is 12.4. The summed E-state index contributed by atoms with van der Waals surface area (Å²) in [5.41, 5.74) is 0.469. The fourth-order valence-electron chi connectivity index (χ4n) is 6.44. The first kappa shape index (κ1) is 38.8. The summed E-state index contributed by atoms with van der Waals surface area (Å²) in [5, 5.41) is 25.4. The van der Waals surface area contributed by atoms with E-state index in [-0.39, 0.29) is 54.7 Å². The number of likely N-dealkylation sites (N-methyl/N-ethyl adjacent to an activating group) is 2. The van der Waals surface area contributed by atoms with Crippen molar-refractivity contribution in [2.45, 2.75) is 126 Å². The number of benzene rings is 1. The standard InChI is InChI=1S/C35H58N6O5S/c1-8-36-31(45)28(38-27(43)20-24-17-13-10-14-18-24)33-39-29(35(5,6)47-33)32(46)37-21-25(42)22-41(7)26(30(44)40-34(2,3)4)19-23-15-11-9-12-16-23/h10,13-14,17-18,23,25-26,28-29,33,39,42H,8-9,11-12,15-16,19-22H2,1-7H3,(H,36,45)(H,37,46)(H,38,43)(H,40,44)/t25?,26-,28?,29-,33+/m0/s1. The molecule has 264 valence electrons. The van der Waals surface area contributed by atoms with Gasteiger partial charge in [0.15, 0.2) is 0 Å². The highest BCUT2D eigenvalue weighted by molar-refractivity contribution is 8.01. The van der Waals surface area contributed by atoms with Crippen LogP contribution in [0.2, 0.25) is 0 Å². The molecule has 47 heavy (non-hydrogen) atoms. The number of amides is 4.